The SMILES string of the molecule is CCn1nc(C)c(S(=O)(=O)Nc2ccc(OC)cc2OC)c1C. The van der Waals surface area contributed by atoms with Crippen molar-refractivity contribution < 1.29 is 17.9 Å². The summed E-state index contributed by atoms with van der Waals surface area (Å²) in [5.41, 5.74) is 1.41. The molecule has 2 rings (SSSR count). The fraction of sp³-hybridized carbons (Fsp3) is 0.400. The average Bonchev–Trinajstić information content (AvgIpc) is 2.82. The monoisotopic (exact) mass is 339 g/mol. The highest BCUT2D eigenvalue weighted by atomic mass is 32.2. The van der Waals surface area contributed by atoms with Crippen LogP contribution in [0.2, 0.25) is 0 Å². The van der Waals surface area contributed by atoms with Crippen LogP contribution in [0.4, 0.5) is 5.69 Å². The van der Waals surface area contributed by atoms with Gasteiger partial charge in [0.2, 0.25) is 0 Å². The highest BCUT2D eigenvalue weighted by Crippen LogP contribution is 2.31. The third kappa shape index (κ3) is 3.26. The first-order valence-electron chi connectivity index (χ1n) is 7.12. The first-order valence-corrected chi connectivity index (χ1v) is 8.61. The standard InChI is InChI=1S/C15H21N3O4S/c1-6-18-11(3)15(10(2)16-18)23(19,20)17-13-8-7-12(21-4)9-14(13)22-5/h7-9,17H,6H2,1-5H3. The number of hydrogen-bond donors (Lipinski definition) is 1. The number of ether oxygens (including phenoxy) is 2. The van der Waals surface area contributed by atoms with Crippen LogP contribution in [0.1, 0.15) is 18.3 Å². The summed E-state index contributed by atoms with van der Waals surface area (Å²) in [5.74, 6) is 0.960. The van der Waals surface area contributed by atoms with E-state index in [2.05, 4.69) is 9.82 Å². The second kappa shape index (κ2) is 6.49. The van der Waals surface area contributed by atoms with Crippen molar-refractivity contribution in [2.45, 2.75) is 32.2 Å². The number of rotatable bonds is 6. The first kappa shape index (κ1) is 17.1. The Bertz CT molecular complexity index is 812. The molecule has 0 saturated heterocycles. The lowest BCUT2D eigenvalue weighted by atomic mass is 10.3. The van der Waals surface area contributed by atoms with E-state index in [1.165, 1.54) is 14.2 Å². The number of nitrogens with one attached hydrogen (secondary N) is 1. The van der Waals surface area contributed by atoms with E-state index in [0.29, 0.717) is 35.1 Å². The molecule has 0 radical (unpaired) electrons. The highest BCUT2D eigenvalue weighted by molar-refractivity contribution is 7.92. The van der Waals surface area contributed by atoms with Crippen molar-refractivity contribution in [3.8, 4) is 11.5 Å². The predicted molar refractivity (Wildman–Crippen MR) is 87.7 cm³/mol. The van der Waals surface area contributed by atoms with Gasteiger partial charge in [-0.2, -0.15) is 5.10 Å². The van der Waals surface area contributed by atoms with Crippen molar-refractivity contribution in [1.82, 2.24) is 9.78 Å². The molecule has 0 unspecified atom stereocenters. The Morgan fingerprint density at radius 3 is 2.43 bits per heavy atom. The second-order valence-corrected chi connectivity index (χ2v) is 6.61. The Morgan fingerprint density at radius 1 is 1.22 bits per heavy atom. The number of methoxy groups -OCH3 is 2. The minimum absolute atomic E-state index is 0.192. The molecule has 126 valence electrons. The van der Waals surface area contributed by atoms with E-state index >= 15 is 0 Å². The zero-order valence-corrected chi connectivity index (χ0v) is 14.7. The van der Waals surface area contributed by atoms with Crippen molar-refractivity contribution >= 4 is 15.7 Å². The van der Waals surface area contributed by atoms with E-state index in [4.69, 9.17) is 9.47 Å². The smallest absolute Gasteiger partial charge is 0.265 e. The first-order chi connectivity index (χ1) is 10.8. The number of benzene rings is 1. The molecule has 0 fully saturated rings. The molecule has 0 spiro atoms. The summed E-state index contributed by atoms with van der Waals surface area (Å²) in [6.45, 7) is 5.94. The molecule has 23 heavy (non-hydrogen) atoms. The molecule has 0 aliphatic heterocycles. The summed E-state index contributed by atoms with van der Waals surface area (Å²) in [4.78, 5) is 0.192. The van der Waals surface area contributed by atoms with E-state index < -0.39 is 10.0 Å². The summed E-state index contributed by atoms with van der Waals surface area (Å²) in [6, 6.07) is 4.88. The van der Waals surface area contributed by atoms with E-state index in [0.717, 1.165) is 0 Å². The van der Waals surface area contributed by atoms with Crippen molar-refractivity contribution in [3.63, 3.8) is 0 Å². The van der Waals surface area contributed by atoms with Crippen LogP contribution in [-0.2, 0) is 16.6 Å². The van der Waals surface area contributed by atoms with Gasteiger partial charge in [0.05, 0.1) is 31.3 Å². The Hall–Kier alpha value is -2.22. The fourth-order valence-corrected chi connectivity index (χ4v) is 3.94. The van der Waals surface area contributed by atoms with Gasteiger partial charge in [0, 0.05) is 12.6 Å². The Morgan fingerprint density at radius 2 is 1.91 bits per heavy atom. The van der Waals surface area contributed by atoms with Crippen LogP contribution in [0, 0.1) is 13.8 Å². The van der Waals surface area contributed by atoms with Gasteiger partial charge in [0.1, 0.15) is 16.4 Å². The minimum Gasteiger partial charge on any atom is -0.497 e. The Labute approximate surface area is 136 Å². The van der Waals surface area contributed by atoms with E-state index in [9.17, 15) is 8.42 Å². The molecule has 0 saturated carbocycles. The quantitative estimate of drug-likeness (QED) is 0.873. The molecule has 1 N–H and O–H groups in total. The Kier molecular flexibility index (Phi) is 4.84. The molecule has 8 heteroatoms. The van der Waals surface area contributed by atoms with Gasteiger partial charge < -0.3 is 9.47 Å². The van der Waals surface area contributed by atoms with Crippen LogP contribution < -0.4 is 14.2 Å². The number of hydrogen-bond acceptors (Lipinski definition) is 5. The Balaban J connectivity index is 2.45. The van der Waals surface area contributed by atoms with Crippen molar-refractivity contribution in [3.05, 3.63) is 29.6 Å². The van der Waals surface area contributed by atoms with E-state index in [-0.39, 0.29) is 4.90 Å². The van der Waals surface area contributed by atoms with Gasteiger partial charge in [-0.3, -0.25) is 9.40 Å². The van der Waals surface area contributed by atoms with Crippen LogP contribution in [0.25, 0.3) is 0 Å². The normalized spacial score (nSPS) is 11.3. The van der Waals surface area contributed by atoms with Crippen molar-refractivity contribution in [1.29, 1.82) is 0 Å². The molecule has 0 aliphatic carbocycles. The number of aromatic nitrogens is 2. The highest BCUT2D eigenvalue weighted by Gasteiger charge is 2.25. The maximum atomic E-state index is 12.7. The van der Waals surface area contributed by atoms with E-state index in [1.54, 1.807) is 36.7 Å². The van der Waals surface area contributed by atoms with Gasteiger partial charge in [0.25, 0.3) is 10.0 Å². The molecule has 0 bridgehead atoms. The molecule has 1 aromatic heterocycles. The molecular formula is C15H21N3O4S. The largest absolute Gasteiger partial charge is 0.497 e. The van der Waals surface area contributed by atoms with Gasteiger partial charge in [-0.1, -0.05) is 0 Å². The summed E-state index contributed by atoms with van der Waals surface area (Å²) in [6.07, 6.45) is 0. The van der Waals surface area contributed by atoms with Crippen LogP contribution in [0.15, 0.2) is 23.1 Å². The van der Waals surface area contributed by atoms with Crippen LogP contribution in [0.3, 0.4) is 0 Å². The van der Waals surface area contributed by atoms with Gasteiger partial charge in [-0.05, 0) is 32.9 Å². The molecule has 1 heterocycles. The topological polar surface area (TPSA) is 82.5 Å². The average molecular weight is 339 g/mol. The zero-order chi connectivity index (χ0) is 17.2. The van der Waals surface area contributed by atoms with E-state index in [1.807, 2.05) is 6.92 Å². The van der Waals surface area contributed by atoms with Crippen molar-refractivity contribution in [2.24, 2.45) is 0 Å². The number of nitrogens with zero attached hydrogens (tertiary/aromatic N) is 2. The number of aryl methyl sites for hydroxylation is 2. The predicted octanol–water partition coefficient (Wildman–Crippen LogP) is 2.34. The summed E-state index contributed by atoms with van der Waals surface area (Å²) < 4.78 is 40.1. The van der Waals surface area contributed by atoms with Crippen LogP contribution in [-0.4, -0.2) is 32.4 Å². The van der Waals surface area contributed by atoms with Gasteiger partial charge in [-0.15, -0.1) is 0 Å². The molecule has 7 nitrogen and oxygen atoms in total. The van der Waals surface area contributed by atoms with Crippen LogP contribution >= 0.6 is 0 Å². The number of sulfonamides is 1. The lowest BCUT2D eigenvalue weighted by molar-refractivity contribution is 0.395. The van der Waals surface area contributed by atoms with Gasteiger partial charge >= 0.3 is 0 Å². The van der Waals surface area contributed by atoms with Crippen molar-refractivity contribution in [2.75, 3.05) is 18.9 Å². The lowest BCUT2D eigenvalue weighted by Gasteiger charge is -2.13. The number of anilines is 1. The van der Waals surface area contributed by atoms with Gasteiger partial charge in [-0.25, -0.2) is 8.42 Å². The molecule has 0 atom stereocenters. The molecule has 0 amide bonds. The summed E-state index contributed by atoms with van der Waals surface area (Å²) in [7, 11) is -0.768. The molecule has 1 aromatic carbocycles. The third-order valence-electron chi connectivity index (χ3n) is 3.54. The molecule has 2 aromatic rings. The lowest BCUT2D eigenvalue weighted by Crippen LogP contribution is -2.15. The van der Waals surface area contributed by atoms with Gasteiger partial charge in [0.15, 0.2) is 0 Å². The molecule has 0 aliphatic rings. The zero-order valence-electron chi connectivity index (χ0n) is 13.9. The maximum absolute atomic E-state index is 12.7. The second-order valence-electron chi connectivity index (χ2n) is 4.99. The summed E-state index contributed by atoms with van der Waals surface area (Å²) >= 11 is 0. The maximum Gasteiger partial charge on any atom is 0.265 e. The third-order valence-corrected chi connectivity index (χ3v) is 5.15. The minimum atomic E-state index is -3.77. The van der Waals surface area contributed by atoms with Crippen LogP contribution in [0.5, 0.6) is 11.5 Å². The molecular weight excluding hydrogens is 318 g/mol. The summed E-state index contributed by atoms with van der Waals surface area (Å²) in [5, 5.41) is 4.25. The fourth-order valence-electron chi connectivity index (χ4n) is 2.46.